The second-order valence-electron chi connectivity index (χ2n) is 3.71. The average Bonchev–Trinajstić information content (AvgIpc) is 2.83. The molecule has 2 aromatic heterocycles. The molecule has 6 nitrogen and oxygen atoms in total. The number of pyridine rings is 1. The average molecular weight is 255 g/mol. The molecular weight excluding hydrogens is 246 g/mol. The summed E-state index contributed by atoms with van der Waals surface area (Å²) in [6.07, 6.45) is 0.949. The fraction of sp³-hybridized carbons (Fsp3) is 0. The number of fused-ring (bicyclic) bond motifs is 1. The number of aromatic nitrogens is 2. The molecule has 0 spiro atoms. The molecule has 0 aliphatic rings. The summed E-state index contributed by atoms with van der Waals surface area (Å²) in [4.78, 5) is 15.7. The van der Waals surface area contributed by atoms with Gasteiger partial charge in [0.1, 0.15) is 5.75 Å². The number of amides is 1. The molecule has 0 aliphatic heterocycles. The Bertz CT molecular complexity index is 709. The lowest BCUT2D eigenvalue weighted by molar-refractivity contribution is 0.215. The largest absolute Gasteiger partial charge is 0.418 e. The highest BCUT2D eigenvalue weighted by Crippen LogP contribution is 2.20. The van der Waals surface area contributed by atoms with Gasteiger partial charge in [0.25, 0.3) is 5.71 Å². The Morgan fingerprint density at radius 3 is 2.84 bits per heavy atom. The first-order valence-corrected chi connectivity index (χ1v) is 5.57. The molecule has 3 rings (SSSR count). The maximum atomic E-state index is 11.7. The van der Waals surface area contributed by atoms with E-state index in [9.17, 15) is 4.79 Å². The first-order chi connectivity index (χ1) is 9.33. The van der Waals surface area contributed by atoms with Crippen LogP contribution in [0.25, 0.3) is 11.1 Å². The van der Waals surface area contributed by atoms with Gasteiger partial charge in [0, 0.05) is 6.20 Å². The first-order valence-electron chi connectivity index (χ1n) is 5.57. The summed E-state index contributed by atoms with van der Waals surface area (Å²) < 4.78 is 10.1. The van der Waals surface area contributed by atoms with Crippen molar-refractivity contribution in [3.05, 3.63) is 48.7 Å². The second kappa shape index (κ2) is 4.77. The molecular formula is C13H9N3O3. The molecule has 0 unspecified atom stereocenters. The summed E-state index contributed by atoms with van der Waals surface area (Å²) in [6, 6.07) is 12.2. The van der Waals surface area contributed by atoms with Crippen LogP contribution in [0.1, 0.15) is 0 Å². The van der Waals surface area contributed by atoms with E-state index in [-0.39, 0.29) is 5.82 Å². The fourth-order valence-corrected chi connectivity index (χ4v) is 1.59. The molecule has 1 amide bonds. The molecule has 19 heavy (non-hydrogen) atoms. The van der Waals surface area contributed by atoms with Crippen LogP contribution < -0.4 is 10.1 Å². The van der Waals surface area contributed by atoms with E-state index in [1.807, 2.05) is 6.07 Å². The van der Waals surface area contributed by atoms with Crippen LogP contribution in [0, 0.1) is 0 Å². The SMILES string of the molecule is O=C(Nc1noc2ncccc12)Oc1ccccc1. The molecule has 0 saturated carbocycles. The fourth-order valence-electron chi connectivity index (χ4n) is 1.59. The Hall–Kier alpha value is -2.89. The lowest BCUT2D eigenvalue weighted by atomic mass is 10.3. The van der Waals surface area contributed by atoms with Crippen molar-refractivity contribution in [1.82, 2.24) is 10.1 Å². The predicted molar refractivity (Wildman–Crippen MR) is 67.9 cm³/mol. The molecule has 1 N–H and O–H groups in total. The van der Waals surface area contributed by atoms with Crippen molar-refractivity contribution in [1.29, 1.82) is 0 Å². The Kier molecular flexibility index (Phi) is 2.82. The van der Waals surface area contributed by atoms with E-state index in [2.05, 4.69) is 15.5 Å². The van der Waals surface area contributed by atoms with E-state index in [0.29, 0.717) is 16.8 Å². The summed E-state index contributed by atoms with van der Waals surface area (Å²) in [7, 11) is 0. The lowest BCUT2D eigenvalue weighted by Crippen LogP contribution is -2.16. The summed E-state index contributed by atoms with van der Waals surface area (Å²) in [5.41, 5.74) is 0.359. The summed E-state index contributed by atoms with van der Waals surface area (Å²) in [5.74, 6) is 0.731. The Morgan fingerprint density at radius 2 is 2.00 bits per heavy atom. The highest BCUT2D eigenvalue weighted by atomic mass is 16.6. The van der Waals surface area contributed by atoms with Crippen LogP contribution in [-0.2, 0) is 0 Å². The summed E-state index contributed by atoms with van der Waals surface area (Å²) in [6.45, 7) is 0. The molecule has 6 heteroatoms. The third kappa shape index (κ3) is 2.37. The van der Waals surface area contributed by atoms with Gasteiger partial charge in [-0.3, -0.25) is 5.32 Å². The van der Waals surface area contributed by atoms with E-state index in [1.54, 1.807) is 42.6 Å². The zero-order chi connectivity index (χ0) is 13.1. The number of hydrogen-bond donors (Lipinski definition) is 1. The zero-order valence-electron chi connectivity index (χ0n) is 9.74. The van der Waals surface area contributed by atoms with Gasteiger partial charge in [-0.2, -0.15) is 0 Å². The normalized spacial score (nSPS) is 10.3. The number of ether oxygens (including phenoxy) is 1. The van der Waals surface area contributed by atoms with Crippen molar-refractivity contribution in [3.63, 3.8) is 0 Å². The van der Waals surface area contributed by atoms with E-state index < -0.39 is 6.09 Å². The molecule has 0 fully saturated rings. The predicted octanol–water partition coefficient (Wildman–Crippen LogP) is 2.83. The highest BCUT2D eigenvalue weighted by Gasteiger charge is 2.12. The number of benzene rings is 1. The van der Waals surface area contributed by atoms with Crippen LogP contribution in [0.15, 0.2) is 53.2 Å². The summed E-state index contributed by atoms with van der Waals surface area (Å²) >= 11 is 0. The summed E-state index contributed by atoms with van der Waals surface area (Å²) in [5, 5.41) is 6.85. The van der Waals surface area contributed by atoms with Gasteiger partial charge in [0.15, 0.2) is 5.82 Å². The van der Waals surface area contributed by atoms with Crippen LogP contribution in [0.2, 0.25) is 0 Å². The minimum absolute atomic E-state index is 0.282. The quantitative estimate of drug-likeness (QED) is 0.761. The number of hydrogen-bond acceptors (Lipinski definition) is 5. The third-order valence-electron chi connectivity index (χ3n) is 2.42. The van der Waals surface area contributed by atoms with E-state index in [1.165, 1.54) is 0 Å². The number of nitrogens with one attached hydrogen (secondary N) is 1. The standard InChI is InChI=1S/C13H9N3O3/c17-13(18-9-5-2-1-3-6-9)15-11-10-7-4-8-14-12(10)19-16-11/h1-8H,(H,15,16,17). The topological polar surface area (TPSA) is 77.3 Å². The van der Waals surface area contributed by atoms with Crippen molar-refractivity contribution in [2.75, 3.05) is 5.32 Å². The van der Waals surface area contributed by atoms with E-state index in [4.69, 9.17) is 9.26 Å². The van der Waals surface area contributed by atoms with Gasteiger partial charge < -0.3 is 9.26 Å². The van der Waals surface area contributed by atoms with Crippen LogP contribution >= 0.6 is 0 Å². The van der Waals surface area contributed by atoms with E-state index in [0.717, 1.165) is 0 Å². The third-order valence-corrected chi connectivity index (χ3v) is 2.42. The minimum atomic E-state index is -0.634. The molecule has 1 aromatic carbocycles. The maximum Gasteiger partial charge on any atom is 0.418 e. The Morgan fingerprint density at radius 1 is 1.16 bits per heavy atom. The van der Waals surface area contributed by atoms with Crippen LogP contribution in [0.3, 0.4) is 0 Å². The van der Waals surface area contributed by atoms with Crippen molar-refractivity contribution >= 4 is 23.0 Å². The molecule has 0 bridgehead atoms. The molecule has 0 atom stereocenters. The Balaban J connectivity index is 1.76. The highest BCUT2D eigenvalue weighted by molar-refractivity contribution is 5.95. The number of anilines is 1. The van der Waals surface area contributed by atoms with Crippen molar-refractivity contribution < 1.29 is 14.1 Å². The zero-order valence-corrected chi connectivity index (χ0v) is 9.74. The van der Waals surface area contributed by atoms with Crippen LogP contribution in [0.4, 0.5) is 10.6 Å². The smallest absolute Gasteiger partial charge is 0.410 e. The maximum absolute atomic E-state index is 11.7. The number of carbonyl (C=O) groups is 1. The van der Waals surface area contributed by atoms with Gasteiger partial charge in [0.2, 0.25) is 0 Å². The van der Waals surface area contributed by atoms with Crippen LogP contribution in [0.5, 0.6) is 5.75 Å². The van der Waals surface area contributed by atoms with Crippen molar-refractivity contribution in [2.45, 2.75) is 0 Å². The molecule has 3 aromatic rings. The number of rotatable bonds is 2. The van der Waals surface area contributed by atoms with Gasteiger partial charge in [0.05, 0.1) is 5.39 Å². The van der Waals surface area contributed by atoms with Gasteiger partial charge in [-0.15, -0.1) is 0 Å². The Labute approximate surface area is 108 Å². The second-order valence-corrected chi connectivity index (χ2v) is 3.71. The molecule has 0 saturated heterocycles. The van der Waals surface area contributed by atoms with Gasteiger partial charge in [-0.05, 0) is 24.3 Å². The number of para-hydroxylation sites is 1. The first kappa shape index (κ1) is 11.2. The lowest BCUT2D eigenvalue weighted by Gasteiger charge is -2.03. The number of nitrogens with zero attached hydrogens (tertiary/aromatic N) is 2. The van der Waals surface area contributed by atoms with Gasteiger partial charge in [-0.25, -0.2) is 9.78 Å². The molecule has 2 heterocycles. The van der Waals surface area contributed by atoms with Crippen LogP contribution in [-0.4, -0.2) is 16.2 Å². The molecule has 0 aliphatic carbocycles. The number of carbonyl (C=O) groups excluding carboxylic acids is 1. The van der Waals surface area contributed by atoms with Gasteiger partial charge in [-0.1, -0.05) is 23.4 Å². The monoisotopic (exact) mass is 255 g/mol. The van der Waals surface area contributed by atoms with Crippen molar-refractivity contribution in [2.24, 2.45) is 0 Å². The van der Waals surface area contributed by atoms with E-state index >= 15 is 0 Å². The molecule has 94 valence electrons. The minimum Gasteiger partial charge on any atom is -0.410 e. The molecule has 0 radical (unpaired) electrons. The van der Waals surface area contributed by atoms with Gasteiger partial charge >= 0.3 is 6.09 Å². The van der Waals surface area contributed by atoms with Crippen molar-refractivity contribution in [3.8, 4) is 5.75 Å².